The van der Waals surface area contributed by atoms with Crippen LogP contribution >= 0.6 is 0 Å². The number of hydrogen-bond donors (Lipinski definition) is 0. The van der Waals surface area contributed by atoms with Crippen LogP contribution in [0.3, 0.4) is 0 Å². The van der Waals surface area contributed by atoms with Gasteiger partial charge < -0.3 is 4.57 Å². The van der Waals surface area contributed by atoms with E-state index in [9.17, 15) is 4.79 Å². The highest BCUT2D eigenvalue weighted by Crippen LogP contribution is 2.27. The molecule has 0 atom stereocenters. The van der Waals surface area contributed by atoms with E-state index < -0.39 is 0 Å². The van der Waals surface area contributed by atoms with Crippen LogP contribution in [0.5, 0.6) is 0 Å². The number of carbonyl (C=O) groups excluding carboxylic acids is 1. The van der Waals surface area contributed by atoms with Gasteiger partial charge in [-0.1, -0.05) is 31.6 Å². The van der Waals surface area contributed by atoms with Crippen molar-refractivity contribution in [1.82, 2.24) is 4.57 Å². The van der Waals surface area contributed by atoms with Gasteiger partial charge in [0.15, 0.2) is 5.78 Å². The molecule has 1 aromatic carbocycles. The molecule has 2 heteroatoms. The van der Waals surface area contributed by atoms with E-state index in [2.05, 4.69) is 30.3 Å². The largest absolute Gasteiger partial charge is 0.347 e. The zero-order chi connectivity index (χ0) is 13.8. The lowest BCUT2D eigenvalue weighted by molar-refractivity contribution is 0.101. The third-order valence-corrected chi connectivity index (χ3v) is 3.48. The minimum atomic E-state index is 0.129. The smallest absolute Gasteiger partial charge is 0.160 e. The van der Waals surface area contributed by atoms with Crippen molar-refractivity contribution in [2.75, 3.05) is 0 Å². The topological polar surface area (TPSA) is 22.0 Å². The van der Waals surface area contributed by atoms with E-state index >= 15 is 0 Å². The lowest BCUT2D eigenvalue weighted by Crippen LogP contribution is -1.97. The lowest BCUT2D eigenvalue weighted by atomic mass is 10.0. The van der Waals surface area contributed by atoms with E-state index in [0.717, 1.165) is 35.9 Å². The first kappa shape index (κ1) is 13.6. The maximum absolute atomic E-state index is 11.8. The number of carbonyl (C=O) groups is 1. The van der Waals surface area contributed by atoms with Gasteiger partial charge in [0, 0.05) is 29.2 Å². The van der Waals surface area contributed by atoms with Gasteiger partial charge in [-0.15, -0.1) is 6.58 Å². The molecule has 0 amide bonds. The Morgan fingerprint density at radius 2 is 2.21 bits per heavy atom. The van der Waals surface area contributed by atoms with Crippen LogP contribution in [-0.4, -0.2) is 10.4 Å². The Labute approximate surface area is 114 Å². The molecule has 1 aromatic heterocycles. The molecule has 2 aromatic rings. The van der Waals surface area contributed by atoms with Gasteiger partial charge in [-0.05, 0) is 31.4 Å². The summed E-state index contributed by atoms with van der Waals surface area (Å²) in [5.74, 6) is 0.129. The molecule has 0 saturated heterocycles. The van der Waals surface area contributed by atoms with E-state index in [0.29, 0.717) is 0 Å². The number of hydrogen-bond acceptors (Lipinski definition) is 1. The van der Waals surface area contributed by atoms with E-state index in [1.54, 1.807) is 6.92 Å². The predicted molar refractivity (Wildman–Crippen MR) is 80.8 cm³/mol. The Morgan fingerprint density at radius 1 is 1.42 bits per heavy atom. The Kier molecular flexibility index (Phi) is 4.20. The highest BCUT2D eigenvalue weighted by molar-refractivity contribution is 6.07. The van der Waals surface area contributed by atoms with Crippen LogP contribution in [0.15, 0.2) is 37.1 Å². The minimum absolute atomic E-state index is 0.129. The van der Waals surface area contributed by atoms with Crippen molar-refractivity contribution in [3.8, 4) is 0 Å². The van der Waals surface area contributed by atoms with Gasteiger partial charge in [0.2, 0.25) is 0 Å². The number of benzene rings is 1. The molecule has 0 saturated carbocycles. The molecule has 1 heterocycles. The van der Waals surface area contributed by atoms with Crippen molar-refractivity contribution in [1.29, 1.82) is 0 Å². The van der Waals surface area contributed by atoms with Crippen LogP contribution in [0.25, 0.3) is 10.9 Å². The first-order chi connectivity index (χ1) is 9.19. The van der Waals surface area contributed by atoms with Gasteiger partial charge in [-0.3, -0.25) is 4.79 Å². The Hall–Kier alpha value is -1.83. The zero-order valence-corrected chi connectivity index (χ0v) is 11.8. The summed E-state index contributed by atoms with van der Waals surface area (Å²) in [5, 5.41) is 1.10. The third kappa shape index (κ3) is 2.62. The fourth-order valence-corrected chi connectivity index (χ4v) is 2.56. The predicted octanol–water partition coefficient (Wildman–Crippen LogP) is 4.37. The average Bonchev–Trinajstić information content (AvgIpc) is 2.75. The van der Waals surface area contributed by atoms with Gasteiger partial charge in [0.25, 0.3) is 0 Å². The van der Waals surface area contributed by atoms with Crippen molar-refractivity contribution < 1.29 is 4.79 Å². The maximum atomic E-state index is 11.8. The van der Waals surface area contributed by atoms with E-state index in [1.165, 1.54) is 12.0 Å². The number of nitrogens with zero attached hydrogens (tertiary/aromatic N) is 1. The molecule has 19 heavy (non-hydrogen) atoms. The average molecular weight is 255 g/mol. The molecule has 0 spiro atoms. The van der Waals surface area contributed by atoms with E-state index in [-0.39, 0.29) is 5.78 Å². The molecule has 0 aliphatic heterocycles. The molecule has 2 nitrogen and oxygen atoms in total. The highest BCUT2D eigenvalue weighted by atomic mass is 16.1. The van der Waals surface area contributed by atoms with Crippen molar-refractivity contribution in [3.63, 3.8) is 0 Å². The summed E-state index contributed by atoms with van der Waals surface area (Å²) >= 11 is 0. The molecule has 0 radical (unpaired) electrons. The Balaban J connectivity index is 2.63. The number of aryl methyl sites for hydroxylation is 1. The normalized spacial score (nSPS) is 10.8. The monoisotopic (exact) mass is 255 g/mol. The third-order valence-electron chi connectivity index (χ3n) is 3.48. The van der Waals surface area contributed by atoms with E-state index in [4.69, 9.17) is 0 Å². The van der Waals surface area contributed by atoms with Crippen molar-refractivity contribution in [2.24, 2.45) is 0 Å². The quantitative estimate of drug-likeness (QED) is 0.555. The molecule has 0 aliphatic rings. The number of unbranched alkanes of at least 4 members (excludes halogenated alkanes) is 1. The second-order valence-corrected chi connectivity index (χ2v) is 4.95. The maximum Gasteiger partial charge on any atom is 0.160 e. The van der Waals surface area contributed by atoms with Gasteiger partial charge in [-0.2, -0.15) is 0 Å². The Morgan fingerprint density at radius 3 is 2.84 bits per heavy atom. The first-order valence-corrected chi connectivity index (χ1v) is 6.91. The number of ketones is 1. The number of rotatable bonds is 6. The van der Waals surface area contributed by atoms with Gasteiger partial charge in [-0.25, -0.2) is 0 Å². The molecule has 0 aliphatic carbocycles. The van der Waals surface area contributed by atoms with Crippen LogP contribution in [-0.2, 0) is 13.0 Å². The van der Waals surface area contributed by atoms with Crippen molar-refractivity contribution in [2.45, 2.75) is 39.7 Å². The lowest BCUT2D eigenvalue weighted by Gasteiger charge is -2.05. The van der Waals surface area contributed by atoms with Crippen LogP contribution < -0.4 is 0 Å². The summed E-state index contributed by atoms with van der Waals surface area (Å²) in [5.41, 5.74) is 3.19. The minimum Gasteiger partial charge on any atom is -0.347 e. The summed E-state index contributed by atoms with van der Waals surface area (Å²) in [4.78, 5) is 11.8. The molecular weight excluding hydrogens is 234 g/mol. The number of Topliss-reactive ketones (excluding diaryl/α,β-unsaturated/α-hetero) is 1. The highest BCUT2D eigenvalue weighted by Gasteiger charge is 2.13. The SMILES string of the molecule is C=CCc1cn(CCCC)c2cccc(C(C)=O)c12. The van der Waals surface area contributed by atoms with Crippen molar-refractivity contribution in [3.05, 3.63) is 48.2 Å². The van der Waals surface area contributed by atoms with Crippen LogP contribution in [0.4, 0.5) is 0 Å². The standard InChI is InChI=1S/C17H21NO/c1-4-6-11-18-12-14(8-5-2)17-15(13(3)19)9-7-10-16(17)18/h5,7,9-10,12H,2,4,6,8,11H2,1,3H3. The number of allylic oxidation sites excluding steroid dienone is 1. The van der Waals surface area contributed by atoms with Crippen LogP contribution in [0.1, 0.15) is 42.6 Å². The number of fused-ring (bicyclic) bond motifs is 1. The fourth-order valence-electron chi connectivity index (χ4n) is 2.56. The van der Waals surface area contributed by atoms with Crippen LogP contribution in [0.2, 0.25) is 0 Å². The van der Waals surface area contributed by atoms with Crippen molar-refractivity contribution >= 4 is 16.7 Å². The van der Waals surface area contributed by atoms with Gasteiger partial charge in [0.1, 0.15) is 0 Å². The molecular formula is C17H21NO. The summed E-state index contributed by atoms with van der Waals surface area (Å²) < 4.78 is 2.27. The molecule has 0 fully saturated rings. The van der Waals surface area contributed by atoms with Gasteiger partial charge in [0.05, 0.1) is 0 Å². The number of aromatic nitrogens is 1. The van der Waals surface area contributed by atoms with Gasteiger partial charge >= 0.3 is 0 Å². The second kappa shape index (κ2) is 5.87. The van der Waals surface area contributed by atoms with E-state index in [1.807, 2.05) is 18.2 Å². The molecule has 0 bridgehead atoms. The Bertz CT molecular complexity index is 607. The molecule has 100 valence electrons. The fraction of sp³-hybridized carbons (Fsp3) is 0.353. The summed E-state index contributed by atoms with van der Waals surface area (Å²) in [6.45, 7) is 8.65. The summed E-state index contributed by atoms with van der Waals surface area (Å²) in [7, 11) is 0. The molecule has 0 unspecified atom stereocenters. The summed E-state index contributed by atoms with van der Waals surface area (Å²) in [6, 6.07) is 5.99. The molecule has 2 rings (SSSR count). The van der Waals surface area contributed by atoms with Crippen LogP contribution in [0, 0.1) is 0 Å². The zero-order valence-electron chi connectivity index (χ0n) is 11.8. The molecule has 0 N–H and O–H groups in total. The summed E-state index contributed by atoms with van der Waals surface area (Å²) in [6.07, 6.45) is 7.20. The first-order valence-electron chi connectivity index (χ1n) is 6.91. The second-order valence-electron chi connectivity index (χ2n) is 4.95.